The maximum atomic E-state index is 5.87. The van der Waals surface area contributed by atoms with Crippen molar-refractivity contribution in [1.82, 2.24) is 0 Å². The van der Waals surface area contributed by atoms with Crippen molar-refractivity contribution in [2.45, 2.75) is 46.1 Å². The molecule has 1 fully saturated rings. The van der Waals surface area contributed by atoms with E-state index < -0.39 is 0 Å². The van der Waals surface area contributed by atoms with E-state index in [4.69, 9.17) is 5.73 Å². The van der Waals surface area contributed by atoms with Crippen LogP contribution in [0.2, 0.25) is 0 Å². The maximum absolute atomic E-state index is 5.87. The minimum Gasteiger partial charge on any atom is -0.368 e. The van der Waals surface area contributed by atoms with Gasteiger partial charge < -0.3 is 10.6 Å². The third-order valence-electron chi connectivity index (χ3n) is 4.40. The van der Waals surface area contributed by atoms with Crippen molar-refractivity contribution in [2.24, 2.45) is 11.7 Å². The van der Waals surface area contributed by atoms with E-state index in [0.29, 0.717) is 17.9 Å². The van der Waals surface area contributed by atoms with E-state index in [1.54, 1.807) is 0 Å². The van der Waals surface area contributed by atoms with Gasteiger partial charge in [-0.25, -0.2) is 0 Å². The summed E-state index contributed by atoms with van der Waals surface area (Å²) in [7, 11) is 0. The minimum absolute atomic E-state index is 0.564. The lowest BCUT2D eigenvalue weighted by atomic mass is 9.96. The van der Waals surface area contributed by atoms with Crippen molar-refractivity contribution in [3.63, 3.8) is 0 Å². The second-order valence-electron chi connectivity index (χ2n) is 5.89. The fourth-order valence-electron chi connectivity index (χ4n) is 3.17. The highest BCUT2D eigenvalue weighted by Crippen LogP contribution is 2.36. The molecular formula is C16H26N2. The molecule has 2 atom stereocenters. The quantitative estimate of drug-likeness (QED) is 0.886. The van der Waals surface area contributed by atoms with E-state index in [1.807, 2.05) is 0 Å². The lowest BCUT2D eigenvalue weighted by molar-refractivity contribution is 0.507. The molecule has 0 radical (unpaired) electrons. The van der Waals surface area contributed by atoms with Crippen LogP contribution in [0, 0.1) is 12.8 Å². The minimum atomic E-state index is 0.564. The monoisotopic (exact) mass is 246 g/mol. The van der Waals surface area contributed by atoms with Gasteiger partial charge in [0.25, 0.3) is 0 Å². The summed E-state index contributed by atoms with van der Waals surface area (Å²) in [5, 5.41) is 0. The molecule has 2 N–H and O–H groups in total. The van der Waals surface area contributed by atoms with E-state index in [0.717, 1.165) is 13.1 Å². The fourth-order valence-corrected chi connectivity index (χ4v) is 3.17. The van der Waals surface area contributed by atoms with Gasteiger partial charge in [0.05, 0.1) is 0 Å². The molecule has 2 rings (SSSR count). The zero-order chi connectivity index (χ0) is 13.3. The summed E-state index contributed by atoms with van der Waals surface area (Å²) in [6, 6.07) is 7.24. The van der Waals surface area contributed by atoms with E-state index >= 15 is 0 Å². The van der Waals surface area contributed by atoms with Crippen molar-refractivity contribution in [1.29, 1.82) is 0 Å². The lowest BCUT2D eigenvalue weighted by Gasteiger charge is -2.31. The summed E-state index contributed by atoms with van der Waals surface area (Å²) in [4.78, 5) is 2.57. The molecule has 2 nitrogen and oxygen atoms in total. The summed E-state index contributed by atoms with van der Waals surface area (Å²) in [5.74, 6) is 1.22. The largest absolute Gasteiger partial charge is 0.368 e. The first-order valence-corrected chi connectivity index (χ1v) is 7.12. The number of benzene rings is 1. The topological polar surface area (TPSA) is 29.3 Å². The molecule has 1 saturated heterocycles. The molecule has 18 heavy (non-hydrogen) atoms. The Morgan fingerprint density at radius 3 is 2.67 bits per heavy atom. The van der Waals surface area contributed by atoms with Crippen LogP contribution in [-0.2, 0) is 0 Å². The summed E-state index contributed by atoms with van der Waals surface area (Å²) in [6.07, 6.45) is 1.23. The van der Waals surface area contributed by atoms with Crippen molar-refractivity contribution in [3.05, 3.63) is 29.3 Å². The van der Waals surface area contributed by atoms with Crippen LogP contribution in [0.1, 0.15) is 44.2 Å². The number of aryl methyl sites for hydroxylation is 1. The average molecular weight is 246 g/mol. The van der Waals surface area contributed by atoms with E-state index in [-0.39, 0.29) is 0 Å². The zero-order valence-corrected chi connectivity index (χ0v) is 12.1. The average Bonchev–Trinajstić information content (AvgIpc) is 2.70. The van der Waals surface area contributed by atoms with Crippen LogP contribution >= 0.6 is 0 Å². The van der Waals surface area contributed by atoms with E-state index in [9.17, 15) is 0 Å². The maximum Gasteiger partial charge on any atom is 0.0433 e. The van der Waals surface area contributed by atoms with Gasteiger partial charge >= 0.3 is 0 Å². The molecule has 2 unspecified atom stereocenters. The van der Waals surface area contributed by atoms with Crippen molar-refractivity contribution < 1.29 is 0 Å². The predicted molar refractivity (Wildman–Crippen MR) is 79.2 cm³/mol. The Kier molecular flexibility index (Phi) is 3.96. The highest BCUT2D eigenvalue weighted by Gasteiger charge is 2.31. The molecule has 1 aromatic rings. The first-order chi connectivity index (χ1) is 8.56. The molecule has 0 aromatic heterocycles. The number of rotatable bonds is 3. The Balaban J connectivity index is 2.39. The zero-order valence-electron chi connectivity index (χ0n) is 12.1. The molecule has 0 spiro atoms. The van der Waals surface area contributed by atoms with Gasteiger partial charge in [0.2, 0.25) is 0 Å². The van der Waals surface area contributed by atoms with Crippen LogP contribution in [0.15, 0.2) is 18.2 Å². The second kappa shape index (κ2) is 5.31. The molecular weight excluding hydrogens is 220 g/mol. The van der Waals surface area contributed by atoms with Crippen molar-refractivity contribution in [2.75, 3.05) is 18.0 Å². The van der Waals surface area contributed by atoms with Gasteiger partial charge in [-0.2, -0.15) is 0 Å². The van der Waals surface area contributed by atoms with Crippen molar-refractivity contribution in [3.8, 4) is 0 Å². The molecule has 100 valence electrons. The highest BCUT2D eigenvalue weighted by atomic mass is 15.2. The standard InChI is InChI=1S/C16H26N2/c1-11(2)15-7-5-6-12(3)16(15)18-9-8-14(10-17)13(18)4/h5-7,11,13-14H,8-10,17H2,1-4H3. The van der Waals surface area contributed by atoms with Crippen LogP contribution in [-0.4, -0.2) is 19.1 Å². The van der Waals surface area contributed by atoms with Gasteiger partial charge in [-0.05, 0) is 49.8 Å². The Labute approximate surface area is 111 Å². The Morgan fingerprint density at radius 1 is 1.39 bits per heavy atom. The van der Waals surface area contributed by atoms with Gasteiger partial charge in [0, 0.05) is 18.3 Å². The summed E-state index contributed by atoms with van der Waals surface area (Å²) >= 11 is 0. The molecule has 2 heteroatoms. The third kappa shape index (κ3) is 2.26. The Bertz CT molecular complexity index is 412. The molecule has 1 aliphatic rings. The number of nitrogens with two attached hydrogens (primary N) is 1. The predicted octanol–water partition coefficient (Wildman–Crippen LogP) is 3.29. The number of anilines is 1. The molecule has 0 saturated carbocycles. The Hall–Kier alpha value is -1.02. The van der Waals surface area contributed by atoms with Gasteiger partial charge in [-0.1, -0.05) is 32.0 Å². The van der Waals surface area contributed by atoms with Gasteiger partial charge in [0.1, 0.15) is 0 Å². The Morgan fingerprint density at radius 2 is 2.11 bits per heavy atom. The van der Waals surface area contributed by atoms with Crippen LogP contribution in [0.5, 0.6) is 0 Å². The number of para-hydroxylation sites is 1. The molecule has 1 aromatic carbocycles. The molecule has 1 heterocycles. The molecule has 0 bridgehead atoms. The number of hydrogen-bond donors (Lipinski definition) is 1. The van der Waals surface area contributed by atoms with Crippen LogP contribution in [0.4, 0.5) is 5.69 Å². The summed E-state index contributed by atoms with van der Waals surface area (Å²) in [5.41, 5.74) is 10.2. The molecule has 0 amide bonds. The fraction of sp³-hybridized carbons (Fsp3) is 0.625. The normalized spacial score (nSPS) is 24.0. The molecule has 0 aliphatic carbocycles. The van der Waals surface area contributed by atoms with Gasteiger partial charge in [-0.15, -0.1) is 0 Å². The first kappa shape index (κ1) is 13.4. The lowest BCUT2D eigenvalue weighted by Crippen LogP contribution is -2.33. The van der Waals surface area contributed by atoms with E-state index in [1.165, 1.54) is 23.2 Å². The van der Waals surface area contributed by atoms with Crippen molar-refractivity contribution >= 4 is 5.69 Å². The van der Waals surface area contributed by atoms with Crippen LogP contribution in [0.3, 0.4) is 0 Å². The third-order valence-corrected chi connectivity index (χ3v) is 4.40. The number of hydrogen-bond acceptors (Lipinski definition) is 2. The SMILES string of the molecule is Cc1cccc(C(C)C)c1N1CCC(CN)C1C. The van der Waals surface area contributed by atoms with Crippen LogP contribution < -0.4 is 10.6 Å². The first-order valence-electron chi connectivity index (χ1n) is 7.12. The van der Waals surface area contributed by atoms with Gasteiger partial charge in [-0.3, -0.25) is 0 Å². The highest BCUT2D eigenvalue weighted by molar-refractivity contribution is 5.61. The van der Waals surface area contributed by atoms with Crippen LogP contribution in [0.25, 0.3) is 0 Å². The number of nitrogens with zero attached hydrogens (tertiary/aromatic N) is 1. The summed E-state index contributed by atoms with van der Waals surface area (Å²) in [6.45, 7) is 11.1. The summed E-state index contributed by atoms with van der Waals surface area (Å²) < 4.78 is 0. The smallest absolute Gasteiger partial charge is 0.0433 e. The molecule has 1 aliphatic heterocycles. The second-order valence-corrected chi connectivity index (χ2v) is 5.89. The van der Waals surface area contributed by atoms with Gasteiger partial charge in [0.15, 0.2) is 0 Å². The van der Waals surface area contributed by atoms with E-state index in [2.05, 4.69) is 50.8 Å².